The summed E-state index contributed by atoms with van der Waals surface area (Å²) in [5, 5.41) is 12.1. The van der Waals surface area contributed by atoms with Crippen LogP contribution in [0.15, 0.2) is 0 Å². The molecule has 0 aromatic rings. The van der Waals surface area contributed by atoms with Crippen molar-refractivity contribution in [3.05, 3.63) is 0 Å². The van der Waals surface area contributed by atoms with Gasteiger partial charge in [-0.2, -0.15) is 4.33 Å². The molecule has 0 spiro atoms. The zero-order valence-electron chi connectivity index (χ0n) is 5.39. The Morgan fingerprint density at radius 2 is 2.09 bits per heavy atom. The SMILES string of the molecule is O=S(=O)([O-])CCCSOO[O-]. The van der Waals surface area contributed by atoms with Crippen LogP contribution < -0.4 is 5.26 Å². The molecule has 8 heteroatoms. The van der Waals surface area contributed by atoms with Crippen LogP contribution in [0, 0.1) is 0 Å². The summed E-state index contributed by atoms with van der Waals surface area (Å²) in [6.45, 7) is 0. The molecule has 0 aliphatic heterocycles. The largest absolute Gasteiger partial charge is 0.748 e. The van der Waals surface area contributed by atoms with Gasteiger partial charge < -0.3 is 9.81 Å². The van der Waals surface area contributed by atoms with Gasteiger partial charge in [0.15, 0.2) is 0 Å². The van der Waals surface area contributed by atoms with E-state index in [1.807, 2.05) is 0 Å². The highest BCUT2D eigenvalue weighted by Crippen LogP contribution is 2.03. The van der Waals surface area contributed by atoms with E-state index < -0.39 is 15.9 Å². The van der Waals surface area contributed by atoms with Crippen molar-refractivity contribution in [1.82, 2.24) is 0 Å². The Morgan fingerprint density at radius 3 is 2.55 bits per heavy atom. The first-order chi connectivity index (χ1) is 5.06. The maximum atomic E-state index is 9.97. The lowest BCUT2D eigenvalue weighted by Gasteiger charge is -2.06. The van der Waals surface area contributed by atoms with Crippen molar-refractivity contribution in [2.24, 2.45) is 0 Å². The summed E-state index contributed by atoms with van der Waals surface area (Å²) in [6, 6.07) is 0. The van der Waals surface area contributed by atoms with Gasteiger partial charge in [-0.15, -0.1) is 0 Å². The third-order valence-electron chi connectivity index (χ3n) is 0.698. The molecule has 0 aliphatic rings. The van der Waals surface area contributed by atoms with Crippen LogP contribution in [0.5, 0.6) is 0 Å². The van der Waals surface area contributed by atoms with E-state index in [-0.39, 0.29) is 12.2 Å². The van der Waals surface area contributed by atoms with E-state index >= 15 is 0 Å². The molecule has 0 radical (unpaired) electrons. The van der Waals surface area contributed by atoms with Crippen molar-refractivity contribution in [2.45, 2.75) is 6.42 Å². The van der Waals surface area contributed by atoms with Crippen molar-refractivity contribution in [2.75, 3.05) is 11.5 Å². The summed E-state index contributed by atoms with van der Waals surface area (Å²) in [6.07, 6.45) is 0.139. The fourth-order valence-electron chi connectivity index (χ4n) is 0.348. The monoisotopic (exact) mass is 202 g/mol. The lowest BCUT2D eigenvalue weighted by atomic mass is 10.6. The van der Waals surface area contributed by atoms with Crippen molar-refractivity contribution in [1.29, 1.82) is 0 Å². The smallest absolute Gasteiger partial charge is 0.0946 e. The van der Waals surface area contributed by atoms with Gasteiger partial charge in [-0.1, -0.05) is 0 Å². The van der Waals surface area contributed by atoms with Crippen molar-refractivity contribution in [3.8, 4) is 0 Å². The number of hydrogen-bond acceptors (Lipinski definition) is 7. The van der Waals surface area contributed by atoms with Crippen LogP contribution in [0.2, 0.25) is 0 Å². The average Bonchev–Trinajstić information content (AvgIpc) is 1.85. The summed E-state index contributed by atoms with van der Waals surface area (Å²) < 4.78 is 33.7. The van der Waals surface area contributed by atoms with Gasteiger partial charge in [0.2, 0.25) is 0 Å². The summed E-state index contributed by atoms with van der Waals surface area (Å²) in [7, 11) is -4.15. The van der Waals surface area contributed by atoms with Gasteiger partial charge in [-0.05, 0) is 6.42 Å². The average molecular weight is 202 g/mol. The molecule has 0 saturated heterocycles. The first-order valence-electron chi connectivity index (χ1n) is 2.58. The normalized spacial score (nSPS) is 11.8. The quantitative estimate of drug-likeness (QED) is 0.175. The Hall–Kier alpha value is 0.140. The van der Waals surface area contributed by atoms with Crippen LogP contribution in [0.1, 0.15) is 6.42 Å². The highest BCUT2D eigenvalue weighted by molar-refractivity contribution is 7.94. The second-order valence-corrected chi connectivity index (χ2v) is 3.88. The molecule has 0 N–H and O–H groups in total. The molecular weight excluding hydrogens is 196 g/mol. The van der Waals surface area contributed by atoms with Gasteiger partial charge >= 0.3 is 0 Å². The van der Waals surface area contributed by atoms with Crippen molar-refractivity contribution < 1.29 is 27.6 Å². The topological polar surface area (TPSA) is 98.7 Å². The second-order valence-electron chi connectivity index (χ2n) is 1.57. The minimum Gasteiger partial charge on any atom is -0.748 e. The molecule has 0 bridgehead atoms. The fourth-order valence-corrected chi connectivity index (χ4v) is 1.40. The third-order valence-corrected chi connectivity index (χ3v) is 2.09. The Balaban J connectivity index is 3.16. The van der Waals surface area contributed by atoms with Gasteiger partial charge in [0, 0.05) is 23.5 Å². The Bertz CT molecular complexity index is 174. The van der Waals surface area contributed by atoms with Crippen LogP contribution in [-0.4, -0.2) is 24.5 Å². The molecule has 0 fully saturated rings. The summed E-state index contributed by atoms with van der Waals surface area (Å²) in [5.74, 6) is -0.230. The fraction of sp³-hybridized carbons (Fsp3) is 1.00. The molecular formula is C3H6O6S2-2. The molecule has 0 atom stereocenters. The lowest BCUT2D eigenvalue weighted by molar-refractivity contribution is -0.777. The molecule has 0 amide bonds. The highest BCUT2D eigenvalue weighted by atomic mass is 32.2. The van der Waals surface area contributed by atoms with E-state index in [9.17, 15) is 13.0 Å². The van der Waals surface area contributed by atoms with E-state index in [4.69, 9.17) is 5.26 Å². The summed E-state index contributed by atoms with van der Waals surface area (Å²) in [5.41, 5.74) is 0. The van der Waals surface area contributed by atoms with E-state index in [0.717, 1.165) is 0 Å². The van der Waals surface area contributed by atoms with Crippen LogP contribution in [-0.2, 0) is 19.5 Å². The van der Waals surface area contributed by atoms with Crippen LogP contribution in [0.3, 0.4) is 0 Å². The zero-order chi connectivity index (χ0) is 8.74. The van der Waals surface area contributed by atoms with E-state index in [0.29, 0.717) is 12.0 Å². The molecule has 11 heavy (non-hydrogen) atoms. The van der Waals surface area contributed by atoms with Crippen LogP contribution in [0.4, 0.5) is 0 Å². The minimum absolute atomic E-state index is 0.139. The molecule has 0 saturated carbocycles. The molecule has 0 aliphatic carbocycles. The lowest BCUT2D eigenvalue weighted by Crippen LogP contribution is -2.06. The Kier molecular flexibility index (Phi) is 5.82. The van der Waals surface area contributed by atoms with Gasteiger partial charge in [0.05, 0.1) is 10.1 Å². The summed E-state index contributed by atoms with van der Waals surface area (Å²) in [4.78, 5) is 0. The molecule has 0 aromatic carbocycles. The molecule has 0 unspecified atom stereocenters. The predicted molar refractivity (Wildman–Crippen MR) is 33.8 cm³/mol. The third kappa shape index (κ3) is 10.1. The maximum absolute atomic E-state index is 9.97. The van der Waals surface area contributed by atoms with Gasteiger partial charge in [-0.25, -0.2) is 8.42 Å². The van der Waals surface area contributed by atoms with Crippen LogP contribution in [0.25, 0.3) is 0 Å². The van der Waals surface area contributed by atoms with E-state index in [2.05, 4.69) is 9.37 Å². The molecule has 6 nitrogen and oxygen atoms in total. The number of hydrogen-bond donors (Lipinski definition) is 0. The van der Waals surface area contributed by atoms with Crippen molar-refractivity contribution in [3.63, 3.8) is 0 Å². The molecule has 0 aromatic heterocycles. The zero-order valence-corrected chi connectivity index (χ0v) is 7.02. The molecule has 0 heterocycles. The highest BCUT2D eigenvalue weighted by Gasteiger charge is 1.95. The minimum atomic E-state index is -4.15. The molecule has 68 valence electrons. The first-order valence-corrected chi connectivity index (χ1v) is 5.07. The van der Waals surface area contributed by atoms with Crippen LogP contribution >= 0.6 is 12.0 Å². The van der Waals surface area contributed by atoms with Crippen molar-refractivity contribution >= 4 is 22.2 Å². The number of rotatable bonds is 6. The first kappa shape index (κ1) is 11.1. The van der Waals surface area contributed by atoms with E-state index in [1.165, 1.54) is 0 Å². The van der Waals surface area contributed by atoms with Gasteiger partial charge in [-0.3, -0.25) is 5.04 Å². The Labute approximate surface area is 68.3 Å². The van der Waals surface area contributed by atoms with Gasteiger partial charge in [0.1, 0.15) is 0 Å². The van der Waals surface area contributed by atoms with E-state index in [1.54, 1.807) is 0 Å². The van der Waals surface area contributed by atoms with Gasteiger partial charge in [0.25, 0.3) is 0 Å². The maximum Gasteiger partial charge on any atom is 0.0946 e. The Morgan fingerprint density at radius 1 is 1.45 bits per heavy atom. The standard InChI is InChI=1S/C3H8O6S2/c4-8-9-10-2-1-3-11(5,6)7/h4H,1-3H2,(H,5,6,7)/p-2. The summed E-state index contributed by atoms with van der Waals surface area (Å²) >= 11 is 0.656. The predicted octanol–water partition coefficient (Wildman–Crippen LogP) is -1.21. The molecule has 0 rings (SSSR count). The second kappa shape index (κ2) is 5.75.